The van der Waals surface area contributed by atoms with Gasteiger partial charge in [0.1, 0.15) is 0 Å². The number of aromatic nitrogens is 1. The number of pyridine rings is 1. The predicted molar refractivity (Wildman–Crippen MR) is 70.3 cm³/mol. The minimum Gasteiger partial charge on any atom is -0.256 e. The highest BCUT2D eigenvalue weighted by atomic mass is 32.2. The second kappa shape index (κ2) is 4.95. The Bertz CT molecular complexity index is 528. The molecule has 0 spiro atoms. The van der Waals surface area contributed by atoms with Gasteiger partial charge in [0.2, 0.25) is 0 Å². The van der Waals surface area contributed by atoms with E-state index in [4.69, 9.17) is 0 Å². The Balaban J connectivity index is 2.34. The first kappa shape index (κ1) is 13.5. The summed E-state index contributed by atoms with van der Waals surface area (Å²) < 4.78 is 27.3. The van der Waals surface area contributed by atoms with E-state index in [2.05, 4.69) is 4.98 Å². The standard InChI is InChI=1S/C12H19N3O2S/c1-10-6-4-7-11(13-10)12-8-5-9-15(12)18(16,17)14(2)3/h4,6-7,12H,5,8-9H2,1-3H3/t12-/m1/s1. The molecule has 1 fully saturated rings. The van der Waals surface area contributed by atoms with Crippen LogP contribution in [-0.2, 0) is 10.2 Å². The van der Waals surface area contributed by atoms with Crippen LogP contribution >= 0.6 is 0 Å². The number of hydrogen-bond donors (Lipinski definition) is 0. The molecule has 1 saturated heterocycles. The van der Waals surface area contributed by atoms with Crippen molar-refractivity contribution in [3.05, 3.63) is 29.6 Å². The molecule has 1 aliphatic rings. The van der Waals surface area contributed by atoms with Crippen molar-refractivity contribution in [2.75, 3.05) is 20.6 Å². The summed E-state index contributed by atoms with van der Waals surface area (Å²) in [5, 5.41) is 0. The third-order valence-corrected chi connectivity index (χ3v) is 5.17. The third-order valence-electron chi connectivity index (χ3n) is 3.21. The van der Waals surface area contributed by atoms with Crippen molar-refractivity contribution in [1.29, 1.82) is 0 Å². The molecular weight excluding hydrogens is 250 g/mol. The molecule has 0 aromatic carbocycles. The number of nitrogens with zero attached hydrogens (tertiary/aromatic N) is 3. The molecule has 0 unspecified atom stereocenters. The first-order valence-corrected chi connectivity index (χ1v) is 7.45. The molecule has 6 heteroatoms. The van der Waals surface area contributed by atoms with Crippen LogP contribution in [0.4, 0.5) is 0 Å². The number of aryl methyl sites for hydroxylation is 1. The average molecular weight is 269 g/mol. The second-order valence-corrected chi connectivity index (χ2v) is 6.86. The van der Waals surface area contributed by atoms with Crippen molar-refractivity contribution in [2.24, 2.45) is 0 Å². The maximum atomic E-state index is 12.2. The van der Waals surface area contributed by atoms with Gasteiger partial charge in [0.25, 0.3) is 10.2 Å². The van der Waals surface area contributed by atoms with Crippen LogP contribution in [0.15, 0.2) is 18.2 Å². The Morgan fingerprint density at radius 3 is 2.72 bits per heavy atom. The van der Waals surface area contributed by atoms with Crippen LogP contribution in [0.5, 0.6) is 0 Å². The van der Waals surface area contributed by atoms with Gasteiger partial charge in [-0.1, -0.05) is 6.07 Å². The van der Waals surface area contributed by atoms with Gasteiger partial charge in [0.15, 0.2) is 0 Å². The Morgan fingerprint density at radius 1 is 1.39 bits per heavy atom. The molecule has 5 nitrogen and oxygen atoms in total. The molecule has 1 aromatic rings. The lowest BCUT2D eigenvalue weighted by molar-refractivity contribution is 0.358. The third kappa shape index (κ3) is 2.41. The van der Waals surface area contributed by atoms with Gasteiger partial charge in [-0.25, -0.2) is 0 Å². The van der Waals surface area contributed by atoms with Gasteiger partial charge < -0.3 is 0 Å². The van der Waals surface area contributed by atoms with Crippen molar-refractivity contribution >= 4 is 10.2 Å². The summed E-state index contributed by atoms with van der Waals surface area (Å²) >= 11 is 0. The van der Waals surface area contributed by atoms with Crippen molar-refractivity contribution in [3.63, 3.8) is 0 Å². The molecule has 0 bridgehead atoms. The van der Waals surface area contributed by atoms with E-state index in [1.54, 1.807) is 18.4 Å². The van der Waals surface area contributed by atoms with E-state index in [-0.39, 0.29) is 6.04 Å². The lowest BCUT2D eigenvalue weighted by Gasteiger charge is -2.26. The Hall–Kier alpha value is -0.980. The highest BCUT2D eigenvalue weighted by Crippen LogP contribution is 2.33. The average Bonchev–Trinajstić information content (AvgIpc) is 2.78. The highest BCUT2D eigenvalue weighted by molar-refractivity contribution is 7.86. The van der Waals surface area contributed by atoms with E-state index in [0.29, 0.717) is 6.54 Å². The number of rotatable bonds is 3. The van der Waals surface area contributed by atoms with Crippen LogP contribution in [0.25, 0.3) is 0 Å². The summed E-state index contributed by atoms with van der Waals surface area (Å²) in [7, 11) is -0.232. The van der Waals surface area contributed by atoms with Gasteiger partial charge in [0.05, 0.1) is 11.7 Å². The zero-order chi connectivity index (χ0) is 13.3. The summed E-state index contributed by atoms with van der Waals surface area (Å²) in [5.41, 5.74) is 1.76. The van der Waals surface area contributed by atoms with E-state index < -0.39 is 10.2 Å². The van der Waals surface area contributed by atoms with E-state index in [1.807, 2.05) is 25.1 Å². The van der Waals surface area contributed by atoms with Crippen LogP contribution in [0.3, 0.4) is 0 Å². The van der Waals surface area contributed by atoms with Gasteiger partial charge in [-0.05, 0) is 31.9 Å². The van der Waals surface area contributed by atoms with Gasteiger partial charge in [0, 0.05) is 26.3 Å². The Morgan fingerprint density at radius 2 is 2.11 bits per heavy atom. The van der Waals surface area contributed by atoms with E-state index in [0.717, 1.165) is 24.2 Å². The summed E-state index contributed by atoms with van der Waals surface area (Å²) in [5.74, 6) is 0. The monoisotopic (exact) mass is 269 g/mol. The maximum absolute atomic E-state index is 12.2. The largest absolute Gasteiger partial charge is 0.282 e. The van der Waals surface area contributed by atoms with E-state index in [1.165, 1.54) is 4.31 Å². The molecule has 2 rings (SSSR count). The van der Waals surface area contributed by atoms with Gasteiger partial charge in [-0.2, -0.15) is 17.0 Å². The SMILES string of the molecule is Cc1cccc([C@H]2CCCN2S(=O)(=O)N(C)C)n1. The molecule has 18 heavy (non-hydrogen) atoms. The molecular formula is C12H19N3O2S. The maximum Gasteiger partial charge on any atom is 0.282 e. The molecule has 1 aliphatic heterocycles. The first-order chi connectivity index (χ1) is 8.43. The fourth-order valence-electron chi connectivity index (χ4n) is 2.27. The minimum atomic E-state index is -3.36. The zero-order valence-corrected chi connectivity index (χ0v) is 11.8. The molecule has 100 valence electrons. The topological polar surface area (TPSA) is 53.5 Å². The molecule has 0 aliphatic carbocycles. The fraction of sp³-hybridized carbons (Fsp3) is 0.583. The molecule has 0 radical (unpaired) electrons. The molecule has 1 aromatic heterocycles. The fourth-order valence-corrected chi connectivity index (χ4v) is 3.59. The smallest absolute Gasteiger partial charge is 0.256 e. The summed E-state index contributed by atoms with van der Waals surface area (Å²) in [4.78, 5) is 4.45. The Labute approximate surface area is 109 Å². The predicted octanol–water partition coefficient (Wildman–Crippen LogP) is 1.33. The minimum absolute atomic E-state index is 0.128. The van der Waals surface area contributed by atoms with Crippen molar-refractivity contribution in [1.82, 2.24) is 13.6 Å². The van der Waals surface area contributed by atoms with Crippen LogP contribution in [0.1, 0.15) is 30.3 Å². The van der Waals surface area contributed by atoms with Gasteiger partial charge in [-0.3, -0.25) is 4.98 Å². The number of hydrogen-bond acceptors (Lipinski definition) is 3. The normalized spacial score (nSPS) is 21.7. The van der Waals surface area contributed by atoms with E-state index in [9.17, 15) is 8.42 Å². The first-order valence-electron chi connectivity index (χ1n) is 6.06. The molecule has 1 atom stereocenters. The van der Waals surface area contributed by atoms with Crippen molar-refractivity contribution in [3.8, 4) is 0 Å². The highest BCUT2D eigenvalue weighted by Gasteiger charge is 2.37. The van der Waals surface area contributed by atoms with Crippen LogP contribution in [-0.4, -0.2) is 42.7 Å². The van der Waals surface area contributed by atoms with Crippen molar-refractivity contribution < 1.29 is 8.42 Å². The lowest BCUT2D eigenvalue weighted by Crippen LogP contribution is -2.39. The lowest BCUT2D eigenvalue weighted by atomic mass is 10.1. The Kier molecular flexibility index (Phi) is 3.70. The van der Waals surface area contributed by atoms with Crippen LogP contribution < -0.4 is 0 Å². The van der Waals surface area contributed by atoms with Crippen LogP contribution in [0, 0.1) is 6.92 Å². The van der Waals surface area contributed by atoms with Gasteiger partial charge in [-0.15, -0.1) is 0 Å². The summed E-state index contributed by atoms with van der Waals surface area (Å²) in [6.45, 7) is 2.49. The van der Waals surface area contributed by atoms with Gasteiger partial charge >= 0.3 is 0 Å². The molecule has 0 N–H and O–H groups in total. The molecule has 0 amide bonds. The molecule has 2 heterocycles. The summed E-state index contributed by atoms with van der Waals surface area (Å²) in [6.07, 6.45) is 1.72. The summed E-state index contributed by atoms with van der Waals surface area (Å²) in [6, 6.07) is 5.62. The molecule has 0 saturated carbocycles. The van der Waals surface area contributed by atoms with Crippen LogP contribution in [0.2, 0.25) is 0 Å². The zero-order valence-electron chi connectivity index (χ0n) is 11.0. The van der Waals surface area contributed by atoms with Crippen molar-refractivity contribution in [2.45, 2.75) is 25.8 Å². The van der Waals surface area contributed by atoms with E-state index >= 15 is 0 Å². The second-order valence-electron chi connectivity index (χ2n) is 4.76. The quantitative estimate of drug-likeness (QED) is 0.832.